The van der Waals surface area contributed by atoms with Gasteiger partial charge in [0.2, 0.25) is 5.43 Å². The Morgan fingerprint density at radius 3 is 2.33 bits per heavy atom. The van der Waals surface area contributed by atoms with Gasteiger partial charge in [-0.05, 0) is 6.07 Å². The fourth-order valence-corrected chi connectivity index (χ4v) is 2.60. The summed E-state index contributed by atoms with van der Waals surface area (Å²) >= 11 is 11.9. The summed E-state index contributed by atoms with van der Waals surface area (Å²) in [5.74, 6) is -3.27. The van der Waals surface area contributed by atoms with Crippen molar-refractivity contribution in [2.75, 3.05) is 7.11 Å². The summed E-state index contributed by atoms with van der Waals surface area (Å²) in [5.41, 5.74) is -2.70. The molecule has 0 fully saturated rings. The summed E-state index contributed by atoms with van der Waals surface area (Å²) < 4.78 is 4.94. The van der Waals surface area contributed by atoms with Crippen LogP contribution in [0.1, 0.15) is 20.8 Å². The SMILES string of the molecule is COc1c(Cl)cc2[nH]c(C(=O)O)c(C(=O)O)c(=O)c2c1Cl. The van der Waals surface area contributed by atoms with E-state index in [2.05, 4.69) is 4.98 Å². The number of aromatic amines is 1. The Labute approximate surface area is 126 Å². The first kappa shape index (κ1) is 15.1. The third kappa shape index (κ3) is 2.30. The number of hydrogen-bond donors (Lipinski definition) is 3. The highest BCUT2D eigenvalue weighted by Crippen LogP contribution is 2.37. The van der Waals surface area contributed by atoms with Gasteiger partial charge in [-0.15, -0.1) is 0 Å². The average molecular weight is 332 g/mol. The molecule has 0 saturated carbocycles. The molecular formula is C12H7Cl2NO6. The van der Waals surface area contributed by atoms with Gasteiger partial charge in [0, 0.05) is 0 Å². The second kappa shape index (κ2) is 5.27. The summed E-state index contributed by atoms with van der Waals surface area (Å²) in [6, 6.07) is 1.24. The van der Waals surface area contributed by atoms with Gasteiger partial charge < -0.3 is 19.9 Å². The maximum absolute atomic E-state index is 12.2. The number of ether oxygens (including phenoxy) is 1. The molecule has 3 N–H and O–H groups in total. The molecule has 1 heterocycles. The van der Waals surface area contributed by atoms with Gasteiger partial charge in [-0.25, -0.2) is 9.59 Å². The number of carboxylic acid groups (broad SMARTS) is 2. The minimum absolute atomic E-state index is 0.00167. The molecule has 2 aromatic rings. The molecule has 0 aliphatic rings. The Kier molecular flexibility index (Phi) is 3.80. The van der Waals surface area contributed by atoms with Gasteiger partial charge in [-0.2, -0.15) is 0 Å². The summed E-state index contributed by atoms with van der Waals surface area (Å²) in [5, 5.41) is 17.7. The third-order valence-electron chi connectivity index (χ3n) is 2.77. The Balaban J connectivity index is 3.08. The van der Waals surface area contributed by atoms with Crippen LogP contribution in [0.5, 0.6) is 5.75 Å². The number of carbonyl (C=O) groups is 2. The fourth-order valence-electron chi connectivity index (χ4n) is 1.91. The van der Waals surface area contributed by atoms with Gasteiger partial charge in [-0.1, -0.05) is 23.2 Å². The van der Waals surface area contributed by atoms with Crippen molar-refractivity contribution in [2.45, 2.75) is 0 Å². The molecule has 0 radical (unpaired) electrons. The van der Waals surface area contributed by atoms with E-state index in [9.17, 15) is 14.4 Å². The van der Waals surface area contributed by atoms with Crippen molar-refractivity contribution in [3.63, 3.8) is 0 Å². The highest BCUT2D eigenvalue weighted by Gasteiger charge is 2.25. The molecule has 21 heavy (non-hydrogen) atoms. The lowest BCUT2D eigenvalue weighted by Crippen LogP contribution is -2.22. The number of methoxy groups -OCH3 is 1. The quantitative estimate of drug-likeness (QED) is 0.794. The van der Waals surface area contributed by atoms with Crippen LogP contribution < -0.4 is 10.2 Å². The molecule has 0 aliphatic carbocycles. The summed E-state index contributed by atoms with van der Waals surface area (Å²) in [6.45, 7) is 0. The van der Waals surface area contributed by atoms with Crippen LogP contribution >= 0.6 is 23.2 Å². The minimum atomic E-state index is -1.68. The van der Waals surface area contributed by atoms with Crippen molar-refractivity contribution in [1.82, 2.24) is 4.98 Å². The normalized spacial score (nSPS) is 10.6. The van der Waals surface area contributed by atoms with Gasteiger partial charge in [0.1, 0.15) is 11.3 Å². The van der Waals surface area contributed by atoms with E-state index < -0.39 is 28.6 Å². The second-order valence-electron chi connectivity index (χ2n) is 3.94. The standard InChI is InChI=1S/C12H7Cl2NO6/c1-21-10-3(13)2-4-5(7(10)14)9(16)6(11(17)18)8(15-4)12(19)20/h2H,1H3,(H,15,16)(H,17,18)(H,19,20). The smallest absolute Gasteiger partial charge is 0.353 e. The molecule has 0 aliphatic heterocycles. The topological polar surface area (TPSA) is 117 Å². The van der Waals surface area contributed by atoms with Crippen molar-refractivity contribution >= 4 is 46.0 Å². The predicted molar refractivity (Wildman–Crippen MR) is 75.1 cm³/mol. The molecule has 0 atom stereocenters. The summed E-state index contributed by atoms with van der Waals surface area (Å²) in [6.07, 6.45) is 0. The molecule has 0 bridgehead atoms. The molecular weight excluding hydrogens is 325 g/mol. The van der Waals surface area contributed by atoms with E-state index in [0.29, 0.717) is 0 Å². The van der Waals surface area contributed by atoms with E-state index in [0.717, 1.165) is 0 Å². The van der Waals surface area contributed by atoms with Crippen LogP contribution in [0, 0.1) is 0 Å². The molecule has 7 nitrogen and oxygen atoms in total. The molecule has 2 rings (SSSR count). The molecule has 0 spiro atoms. The van der Waals surface area contributed by atoms with E-state index in [1.54, 1.807) is 0 Å². The Morgan fingerprint density at radius 1 is 1.24 bits per heavy atom. The number of benzene rings is 1. The largest absolute Gasteiger partial charge is 0.494 e. The lowest BCUT2D eigenvalue weighted by Gasteiger charge is -2.10. The van der Waals surface area contributed by atoms with Crippen molar-refractivity contribution in [3.8, 4) is 5.75 Å². The number of halogens is 2. The number of fused-ring (bicyclic) bond motifs is 1. The highest BCUT2D eigenvalue weighted by molar-refractivity contribution is 6.41. The lowest BCUT2D eigenvalue weighted by atomic mass is 10.1. The number of pyridine rings is 1. The Bertz CT molecular complexity index is 842. The van der Waals surface area contributed by atoms with E-state index >= 15 is 0 Å². The van der Waals surface area contributed by atoms with Crippen LogP contribution in [0.2, 0.25) is 10.0 Å². The number of aromatic nitrogens is 1. The van der Waals surface area contributed by atoms with E-state index in [1.807, 2.05) is 0 Å². The molecule has 1 aromatic heterocycles. The van der Waals surface area contributed by atoms with Crippen molar-refractivity contribution < 1.29 is 24.5 Å². The van der Waals surface area contributed by atoms with Gasteiger partial charge in [-0.3, -0.25) is 4.79 Å². The van der Waals surface area contributed by atoms with Crippen molar-refractivity contribution in [3.05, 3.63) is 37.6 Å². The van der Waals surface area contributed by atoms with Gasteiger partial charge in [0.05, 0.1) is 28.1 Å². The lowest BCUT2D eigenvalue weighted by molar-refractivity contribution is 0.0646. The first-order chi connectivity index (χ1) is 9.79. The third-order valence-corrected chi connectivity index (χ3v) is 3.41. The van der Waals surface area contributed by atoms with Gasteiger partial charge in [0.15, 0.2) is 5.75 Å². The molecule has 0 unspecified atom stereocenters. The number of rotatable bonds is 3. The maximum Gasteiger partial charge on any atom is 0.353 e. The first-order valence-electron chi connectivity index (χ1n) is 5.38. The number of nitrogens with one attached hydrogen (secondary N) is 1. The molecule has 9 heteroatoms. The summed E-state index contributed by atoms with van der Waals surface area (Å²) in [7, 11) is 1.27. The molecule has 110 valence electrons. The fraction of sp³-hybridized carbons (Fsp3) is 0.0833. The van der Waals surface area contributed by atoms with E-state index in [-0.39, 0.29) is 26.7 Å². The van der Waals surface area contributed by atoms with Crippen LogP contribution in [-0.2, 0) is 0 Å². The van der Waals surface area contributed by atoms with Crippen molar-refractivity contribution in [1.29, 1.82) is 0 Å². The van der Waals surface area contributed by atoms with Crippen LogP contribution in [-0.4, -0.2) is 34.2 Å². The number of aromatic carboxylic acids is 2. The zero-order chi connectivity index (χ0) is 15.9. The Hall–Kier alpha value is -2.25. The first-order valence-corrected chi connectivity index (χ1v) is 6.13. The number of carboxylic acids is 2. The van der Waals surface area contributed by atoms with Crippen molar-refractivity contribution in [2.24, 2.45) is 0 Å². The van der Waals surface area contributed by atoms with E-state index in [1.165, 1.54) is 13.2 Å². The van der Waals surface area contributed by atoms with E-state index in [4.69, 9.17) is 38.2 Å². The van der Waals surface area contributed by atoms with Crippen LogP contribution in [0.15, 0.2) is 10.9 Å². The minimum Gasteiger partial charge on any atom is -0.494 e. The highest BCUT2D eigenvalue weighted by atomic mass is 35.5. The summed E-state index contributed by atoms with van der Waals surface area (Å²) in [4.78, 5) is 36.8. The number of H-pyrrole nitrogens is 1. The number of hydrogen-bond acceptors (Lipinski definition) is 4. The zero-order valence-corrected chi connectivity index (χ0v) is 11.9. The second-order valence-corrected chi connectivity index (χ2v) is 4.73. The van der Waals surface area contributed by atoms with Crippen LogP contribution in [0.25, 0.3) is 10.9 Å². The zero-order valence-electron chi connectivity index (χ0n) is 10.4. The van der Waals surface area contributed by atoms with Crippen LogP contribution in [0.3, 0.4) is 0 Å². The molecule has 1 aromatic carbocycles. The Morgan fingerprint density at radius 2 is 1.86 bits per heavy atom. The molecule has 0 amide bonds. The van der Waals surface area contributed by atoms with Gasteiger partial charge in [0.25, 0.3) is 0 Å². The molecule has 0 saturated heterocycles. The van der Waals surface area contributed by atoms with Crippen LogP contribution in [0.4, 0.5) is 0 Å². The average Bonchev–Trinajstić information content (AvgIpc) is 2.37. The predicted octanol–water partition coefficient (Wildman–Crippen LogP) is 2.24. The van der Waals surface area contributed by atoms with Gasteiger partial charge >= 0.3 is 11.9 Å². The monoisotopic (exact) mass is 331 g/mol. The maximum atomic E-state index is 12.2.